The van der Waals surface area contributed by atoms with E-state index in [2.05, 4.69) is 20.9 Å². The van der Waals surface area contributed by atoms with Gasteiger partial charge in [0.05, 0.1) is 31.5 Å². The lowest BCUT2D eigenvalue weighted by atomic mass is 9.94. The summed E-state index contributed by atoms with van der Waals surface area (Å²) in [5.41, 5.74) is 7.37. The van der Waals surface area contributed by atoms with Crippen LogP contribution in [-0.2, 0) is 28.6 Å². The summed E-state index contributed by atoms with van der Waals surface area (Å²) in [6.07, 6.45) is -0.196. The molecule has 2 aromatic carbocycles. The highest BCUT2D eigenvalue weighted by Gasteiger charge is 2.31. The number of nitrogens with one attached hydrogen (secondary N) is 2. The highest BCUT2D eigenvalue weighted by atomic mass is 16.6. The first-order chi connectivity index (χ1) is 18.9. The molecule has 2 amide bonds. The van der Waals surface area contributed by atoms with Crippen molar-refractivity contribution >= 4 is 46.7 Å². The molecule has 0 aliphatic rings. The number of alkyl carbamates (subject to hydrolysis) is 1. The molecule has 12 nitrogen and oxygen atoms in total. The smallest absolute Gasteiger partial charge is 0.408 e. The van der Waals surface area contributed by atoms with E-state index in [1.54, 1.807) is 69.3 Å². The van der Waals surface area contributed by atoms with Gasteiger partial charge in [0.15, 0.2) is 0 Å². The Bertz CT molecular complexity index is 1180. The van der Waals surface area contributed by atoms with Crippen molar-refractivity contribution in [1.82, 2.24) is 5.32 Å². The molecule has 0 bridgehead atoms. The van der Waals surface area contributed by atoms with Gasteiger partial charge in [-0.2, -0.15) is 10.2 Å². The molecular formula is C28H37N5O7. The predicted molar refractivity (Wildman–Crippen MR) is 149 cm³/mol. The lowest BCUT2D eigenvalue weighted by Gasteiger charge is -2.24. The van der Waals surface area contributed by atoms with Crippen molar-refractivity contribution in [2.24, 2.45) is 16.1 Å². The molecule has 216 valence electrons. The largest absolute Gasteiger partial charge is 0.469 e. The quantitative estimate of drug-likeness (QED) is 0.141. The summed E-state index contributed by atoms with van der Waals surface area (Å²) in [5.74, 6) is -2.31. The molecule has 0 unspecified atom stereocenters. The van der Waals surface area contributed by atoms with Crippen LogP contribution in [0.4, 0.5) is 27.5 Å². The van der Waals surface area contributed by atoms with Gasteiger partial charge in [-0.1, -0.05) is 0 Å². The summed E-state index contributed by atoms with van der Waals surface area (Å²) < 4.78 is 14.8. The van der Waals surface area contributed by atoms with Crippen molar-refractivity contribution in [2.75, 3.05) is 25.3 Å². The molecule has 0 aliphatic heterocycles. The summed E-state index contributed by atoms with van der Waals surface area (Å²) in [6, 6.07) is 12.7. The normalized spacial score (nSPS) is 12.7. The molecule has 0 radical (unpaired) electrons. The van der Waals surface area contributed by atoms with Crippen molar-refractivity contribution in [2.45, 2.75) is 58.1 Å². The number of nitrogens with two attached hydrogens (primary N) is 1. The van der Waals surface area contributed by atoms with Crippen LogP contribution in [0, 0.1) is 5.92 Å². The Labute approximate surface area is 233 Å². The Balaban J connectivity index is 1.90. The number of carbonyl (C=O) groups is 4. The van der Waals surface area contributed by atoms with E-state index in [9.17, 15) is 19.2 Å². The number of hydrogen-bond acceptors (Lipinski definition) is 10. The van der Waals surface area contributed by atoms with Crippen molar-refractivity contribution in [3.05, 3.63) is 48.5 Å². The van der Waals surface area contributed by atoms with E-state index in [1.165, 1.54) is 14.2 Å². The van der Waals surface area contributed by atoms with Crippen LogP contribution in [-0.4, -0.2) is 49.8 Å². The third-order valence-corrected chi connectivity index (χ3v) is 5.51. The van der Waals surface area contributed by atoms with Crippen molar-refractivity contribution in [1.29, 1.82) is 0 Å². The number of azo groups is 1. The number of carbonyl (C=O) groups excluding carboxylic acids is 4. The number of nitrogen functional groups attached to an aromatic ring is 1. The zero-order chi connectivity index (χ0) is 29.7. The van der Waals surface area contributed by atoms with Gasteiger partial charge in [0.1, 0.15) is 11.6 Å². The molecule has 0 spiro atoms. The first kappa shape index (κ1) is 31.7. The van der Waals surface area contributed by atoms with Crippen LogP contribution >= 0.6 is 0 Å². The van der Waals surface area contributed by atoms with Crippen LogP contribution in [0.1, 0.15) is 46.5 Å². The fourth-order valence-electron chi connectivity index (χ4n) is 3.59. The lowest BCUT2D eigenvalue weighted by Crippen LogP contribution is -2.45. The number of ether oxygens (including phenoxy) is 3. The average Bonchev–Trinajstić information content (AvgIpc) is 2.90. The third kappa shape index (κ3) is 11.5. The number of nitrogens with zero attached hydrogens (tertiary/aromatic N) is 2. The molecule has 0 saturated carbocycles. The molecule has 12 heteroatoms. The van der Waals surface area contributed by atoms with Gasteiger partial charge in [-0.05, 0) is 88.6 Å². The SMILES string of the molecule is COC(=O)[C@@H](CCCC(=O)Nc1ccc(N=Nc2ccc(N)cc2)cc1)C[C@H](NC(=O)OC(C)(C)C)C(=O)OC. The standard InChI is InChI=1S/C28H37N5O7/c1-28(2,3)40-27(37)31-23(26(36)39-5)17-18(25(35)38-4)7-6-8-24(34)30-20-13-15-22(16-14-20)33-32-21-11-9-19(29)10-12-21/h9-16,18,23H,6-8,17,29H2,1-5H3,(H,30,34)(H,31,37)/t18-,23-/m0/s1. The summed E-state index contributed by atoms with van der Waals surface area (Å²) in [6.45, 7) is 5.06. The Kier molecular flexibility index (Phi) is 12.1. The molecule has 4 N–H and O–H groups in total. The van der Waals surface area contributed by atoms with E-state index >= 15 is 0 Å². The molecule has 2 aromatic rings. The van der Waals surface area contributed by atoms with E-state index in [0.717, 1.165) is 0 Å². The van der Waals surface area contributed by atoms with Crippen molar-refractivity contribution in [3.8, 4) is 0 Å². The first-order valence-corrected chi connectivity index (χ1v) is 12.7. The minimum Gasteiger partial charge on any atom is -0.469 e. The van der Waals surface area contributed by atoms with Gasteiger partial charge in [0, 0.05) is 17.8 Å². The van der Waals surface area contributed by atoms with E-state index < -0.39 is 35.6 Å². The van der Waals surface area contributed by atoms with E-state index in [1.807, 2.05) is 0 Å². The molecule has 0 fully saturated rings. The van der Waals surface area contributed by atoms with Gasteiger partial charge in [-0.25, -0.2) is 9.59 Å². The number of amides is 2. The minimum atomic E-state index is -1.13. The summed E-state index contributed by atoms with van der Waals surface area (Å²) in [5, 5.41) is 13.5. The van der Waals surface area contributed by atoms with Gasteiger partial charge in [0.25, 0.3) is 0 Å². The number of methoxy groups -OCH3 is 2. The highest BCUT2D eigenvalue weighted by Crippen LogP contribution is 2.22. The maximum Gasteiger partial charge on any atom is 0.408 e. The first-order valence-electron chi connectivity index (χ1n) is 12.7. The Morgan fingerprint density at radius 3 is 1.95 bits per heavy atom. The molecular weight excluding hydrogens is 518 g/mol. The van der Waals surface area contributed by atoms with Crippen LogP contribution in [0.15, 0.2) is 58.8 Å². The second kappa shape index (κ2) is 15.2. The fourth-order valence-corrected chi connectivity index (χ4v) is 3.59. The number of rotatable bonds is 12. The second-order valence-electron chi connectivity index (χ2n) is 9.96. The van der Waals surface area contributed by atoms with Crippen LogP contribution < -0.4 is 16.4 Å². The van der Waals surface area contributed by atoms with Crippen molar-refractivity contribution < 1.29 is 33.4 Å². The number of esters is 2. The topological polar surface area (TPSA) is 171 Å². The number of anilines is 2. The molecule has 0 heterocycles. The molecule has 0 aromatic heterocycles. The van der Waals surface area contributed by atoms with Gasteiger partial charge < -0.3 is 30.6 Å². The van der Waals surface area contributed by atoms with E-state index in [0.29, 0.717) is 29.2 Å². The monoisotopic (exact) mass is 555 g/mol. The van der Waals surface area contributed by atoms with Gasteiger partial charge >= 0.3 is 18.0 Å². The molecule has 2 atom stereocenters. The van der Waals surface area contributed by atoms with Crippen LogP contribution in [0.2, 0.25) is 0 Å². The van der Waals surface area contributed by atoms with Crippen LogP contribution in [0.3, 0.4) is 0 Å². The van der Waals surface area contributed by atoms with E-state index in [-0.39, 0.29) is 25.2 Å². The second-order valence-corrected chi connectivity index (χ2v) is 9.96. The van der Waals surface area contributed by atoms with Gasteiger partial charge in [-0.3, -0.25) is 9.59 Å². The van der Waals surface area contributed by atoms with Crippen LogP contribution in [0.25, 0.3) is 0 Å². The zero-order valence-corrected chi connectivity index (χ0v) is 23.4. The van der Waals surface area contributed by atoms with Gasteiger partial charge in [0.2, 0.25) is 5.91 Å². The summed E-state index contributed by atoms with van der Waals surface area (Å²) >= 11 is 0. The van der Waals surface area contributed by atoms with Crippen LogP contribution in [0.5, 0.6) is 0 Å². The maximum absolute atomic E-state index is 12.5. The maximum atomic E-state index is 12.5. The summed E-state index contributed by atoms with van der Waals surface area (Å²) in [7, 11) is 2.41. The number of benzene rings is 2. The molecule has 2 rings (SSSR count). The summed E-state index contributed by atoms with van der Waals surface area (Å²) in [4.78, 5) is 49.3. The van der Waals surface area contributed by atoms with Gasteiger partial charge in [-0.15, -0.1) is 0 Å². The predicted octanol–water partition coefficient (Wildman–Crippen LogP) is 5.04. The average molecular weight is 556 g/mol. The molecule has 0 saturated heterocycles. The van der Waals surface area contributed by atoms with Crippen molar-refractivity contribution in [3.63, 3.8) is 0 Å². The Morgan fingerprint density at radius 2 is 1.43 bits per heavy atom. The molecule has 40 heavy (non-hydrogen) atoms. The minimum absolute atomic E-state index is 0.0768. The zero-order valence-electron chi connectivity index (χ0n) is 23.4. The fraction of sp³-hybridized carbons (Fsp3) is 0.429. The van der Waals surface area contributed by atoms with E-state index in [4.69, 9.17) is 19.9 Å². The molecule has 0 aliphatic carbocycles. The third-order valence-electron chi connectivity index (χ3n) is 5.51. The lowest BCUT2D eigenvalue weighted by molar-refractivity contribution is -0.148. The number of hydrogen-bond donors (Lipinski definition) is 3. The Hall–Kier alpha value is -4.48. The Morgan fingerprint density at radius 1 is 0.875 bits per heavy atom. The highest BCUT2D eigenvalue weighted by molar-refractivity contribution is 5.90.